The fourth-order valence-corrected chi connectivity index (χ4v) is 2.42. The third kappa shape index (κ3) is 6.10. The molecular formula is C15H23BrClN. The van der Waals surface area contributed by atoms with Gasteiger partial charge in [0.15, 0.2) is 0 Å². The van der Waals surface area contributed by atoms with Crippen LogP contribution in [0.1, 0.15) is 52.4 Å². The maximum Gasteiger partial charge on any atom is 0.0568 e. The first-order chi connectivity index (χ1) is 8.63. The van der Waals surface area contributed by atoms with Gasteiger partial charge in [-0.1, -0.05) is 50.6 Å². The number of rotatable bonds is 8. The molecule has 0 spiro atoms. The Bertz CT molecular complexity index is 354. The van der Waals surface area contributed by atoms with E-state index in [1.54, 1.807) is 0 Å². The van der Waals surface area contributed by atoms with Crippen molar-refractivity contribution in [3.63, 3.8) is 0 Å². The molecule has 0 aliphatic carbocycles. The van der Waals surface area contributed by atoms with Crippen molar-refractivity contribution in [3.05, 3.63) is 27.7 Å². The molecule has 1 N–H and O–H groups in total. The minimum Gasteiger partial charge on any atom is -0.383 e. The molecule has 1 rings (SSSR count). The maximum atomic E-state index is 6.07. The van der Waals surface area contributed by atoms with Crippen molar-refractivity contribution in [1.29, 1.82) is 0 Å². The van der Waals surface area contributed by atoms with Gasteiger partial charge in [0.2, 0.25) is 0 Å². The second-order valence-corrected chi connectivity index (χ2v) is 6.14. The van der Waals surface area contributed by atoms with Gasteiger partial charge in [-0.25, -0.2) is 0 Å². The van der Waals surface area contributed by atoms with E-state index in [4.69, 9.17) is 11.6 Å². The molecule has 0 heterocycles. The van der Waals surface area contributed by atoms with Gasteiger partial charge in [0.25, 0.3) is 0 Å². The molecule has 0 fully saturated rings. The Labute approximate surface area is 124 Å². The number of nitrogens with one attached hydrogen (secondary N) is 1. The molecule has 18 heavy (non-hydrogen) atoms. The molecule has 0 aromatic heterocycles. The third-order valence-corrected chi connectivity index (χ3v) is 4.31. The van der Waals surface area contributed by atoms with E-state index in [0.717, 1.165) is 15.2 Å². The van der Waals surface area contributed by atoms with Crippen molar-refractivity contribution in [2.75, 3.05) is 5.32 Å². The van der Waals surface area contributed by atoms with Crippen LogP contribution >= 0.6 is 27.5 Å². The summed E-state index contributed by atoms with van der Waals surface area (Å²) in [5.74, 6) is 0. The second kappa shape index (κ2) is 8.82. The van der Waals surface area contributed by atoms with Crippen LogP contribution in [0.5, 0.6) is 0 Å². The molecule has 1 atom stereocenters. The van der Waals surface area contributed by atoms with E-state index >= 15 is 0 Å². The fourth-order valence-electron chi connectivity index (χ4n) is 2.00. The highest BCUT2D eigenvalue weighted by Gasteiger charge is 2.04. The second-order valence-electron chi connectivity index (χ2n) is 4.88. The van der Waals surface area contributed by atoms with Crippen molar-refractivity contribution in [2.45, 2.75) is 58.4 Å². The van der Waals surface area contributed by atoms with Crippen LogP contribution in [0, 0.1) is 0 Å². The van der Waals surface area contributed by atoms with Gasteiger partial charge in [0, 0.05) is 16.2 Å². The van der Waals surface area contributed by atoms with Gasteiger partial charge in [-0.2, -0.15) is 0 Å². The van der Waals surface area contributed by atoms with Crippen molar-refractivity contribution in [2.24, 2.45) is 0 Å². The van der Waals surface area contributed by atoms with E-state index in [-0.39, 0.29) is 0 Å². The average Bonchev–Trinajstić information content (AvgIpc) is 2.34. The lowest BCUT2D eigenvalue weighted by molar-refractivity contribution is 0.578. The summed E-state index contributed by atoms with van der Waals surface area (Å²) < 4.78 is 0.946. The standard InChI is InChI=1S/C15H23BrClN/c1-3-4-5-6-7-8-12(2)18-13-9-10-14(16)15(17)11-13/h9-12,18H,3-8H2,1-2H3. The molecule has 3 heteroatoms. The predicted octanol–water partition coefficient (Wildman–Crippen LogP) is 6.26. The minimum atomic E-state index is 0.504. The normalized spacial score (nSPS) is 12.4. The van der Waals surface area contributed by atoms with Crippen molar-refractivity contribution in [1.82, 2.24) is 0 Å². The third-order valence-electron chi connectivity index (χ3n) is 3.07. The van der Waals surface area contributed by atoms with E-state index in [9.17, 15) is 0 Å². The fraction of sp³-hybridized carbons (Fsp3) is 0.600. The summed E-state index contributed by atoms with van der Waals surface area (Å²) in [6.07, 6.45) is 7.92. The van der Waals surface area contributed by atoms with Crippen LogP contribution in [0.2, 0.25) is 5.02 Å². The van der Waals surface area contributed by atoms with Crippen LogP contribution in [0.3, 0.4) is 0 Å². The summed E-state index contributed by atoms with van der Waals surface area (Å²) in [5.41, 5.74) is 1.10. The van der Waals surface area contributed by atoms with Gasteiger partial charge >= 0.3 is 0 Å². The minimum absolute atomic E-state index is 0.504. The quantitative estimate of drug-likeness (QED) is 0.554. The number of halogens is 2. The lowest BCUT2D eigenvalue weighted by Crippen LogP contribution is -2.14. The van der Waals surface area contributed by atoms with Crippen LogP contribution in [0.25, 0.3) is 0 Å². The van der Waals surface area contributed by atoms with Crippen LogP contribution in [0.15, 0.2) is 22.7 Å². The maximum absolute atomic E-state index is 6.07. The zero-order valence-corrected chi connectivity index (χ0v) is 13.6. The smallest absolute Gasteiger partial charge is 0.0568 e. The Hall–Kier alpha value is -0.210. The Kier molecular flexibility index (Phi) is 7.76. The highest BCUT2D eigenvalue weighted by molar-refractivity contribution is 9.10. The van der Waals surface area contributed by atoms with Gasteiger partial charge < -0.3 is 5.32 Å². The molecule has 0 radical (unpaired) electrons. The topological polar surface area (TPSA) is 12.0 Å². The molecule has 0 aliphatic rings. The lowest BCUT2D eigenvalue weighted by Gasteiger charge is -2.15. The van der Waals surface area contributed by atoms with Gasteiger partial charge in [-0.3, -0.25) is 0 Å². The Morgan fingerprint density at radius 2 is 1.94 bits per heavy atom. The van der Waals surface area contributed by atoms with Crippen LogP contribution in [0.4, 0.5) is 5.69 Å². The number of hydrogen-bond donors (Lipinski definition) is 1. The van der Waals surface area contributed by atoms with Crippen molar-refractivity contribution >= 4 is 33.2 Å². The molecule has 0 amide bonds. The first kappa shape index (κ1) is 15.8. The van der Waals surface area contributed by atoms with Crippen LogP contribution in [-0.4, -0.2) is 6.04 Å². The molecule has 1 nitrogen and oxygen atoms in total. The Morgan fingerprint density at radius 3 is 2.61 bits per heavy atom. The van der Waals surface area contributed by atoms with Crippen LogP contribution in [-0.2, 0) is 0 Å². The van der Waals surface area contributed by atoms with Gasteiger partial charge in [0.1, 0.15) is 0 Å². The molecule has 0 saturated carbocycles. The van der Waals surface area contributed by atoms with Crippen LogP contribution < -0.4 is 5.32 Å². The van der Waals surface area contributed by atoms with E-state index in [1.807, 2.05) is 12.1 Å². The van der Waals surface area contributed by atoms with E-state index in [2.05, 4.69) is 41.2 Å². The van der Waals surface area contributed by atoms with Gasteiger partial charge in [-0.05, 0) is 47.5 Å². The largest absolute Gasteiger partial charge is 0.383 e. The highest BCUT2D eigenvalue weighted by atomic mass is 79.9. The monoisotopic (exact) mass is 331 g/mol. The van der Waals surface area contributed by atoms with E-state index < -0.39 is 0 Å². The Balaban J connectivity index is 2.26. The Morgan fingerprint density at radius 1 is 1.22 bits per heavy atom. The van der Waals surface area contributed by atoms with Gasteiger partial charge in [0.05, 0.1) is 5.02 Å². The number of unbranched alkanes of at least 4 members (excludes halogenated alkanes) is 4. The highest BCUT2D eigenvalue weighted by Crippen LogP contribution is 2.26. The summed E-state index contributed by atoms with van der Waals surface area (Å²) >= 11 is 9.47. The molecule has 0 saturated heterocycles. The number of anilines is 1. The zero-order valence-electron chi connectivity index (χ0n) is 11.3. The summed E-state index contributed by atoms with van der Waals surface area (Å²) in [7, 11) is 0. The van der Waals surface area contributed by atoms with E-state index in [0.29, 0.717) is 6.04 Å². The first-order valence-electron chi connectivity index (χ1n) is 6.85. The molecule has 1 aromatic rings. The molecule has 1 aromatic carbocycles. The molecule has 0 aliphatic heterocycles. The summed E-state index contributed by atoms with van der Waals surface area (Å²) in [6.45, 7) is 4.48. The molecule has 1 unspecified atom stereocenters. The van der Waals surface area contributed by atoms with E-state index in [1.165, 1.54) is 38.5 Å². The summed E-state index contributed by atoms with van der Waals surface area (Å²) in [4.78, 5) is 0. The van der Waals surface area contributed by atoms with Gasteiger partial charge in [-0.15, -0.1) is 0 Å². The molecule has 102 valence electrons. The molecule has 0 bridgehead atoms. The summed E-state index contributed by atoms with van der Waals surface area (Å²) in [6, 6.07) is 6.52. The number of hydrogen-bond acceptors (Lipinski definition) is 1. The molecular weight excluding hydrogens is 310 g/mol. The van der Waals surface area contributed by atoms with Crippen molar-refractivity contribution in [3.8, 4) is 0 Å². The zero-order chi connectivity index (χ0) is 13.4. The predicted molar refractivity (Wildman–Crippen MR) is 85.6 cm³/mol. The first-order valence-corrected chi connectivity index (χ1v) is 8.02. The SMILES string of the molecule is CCCCCCCC(C)Nc1ccc(Br)c(Cl)c1. The summed E-state index contributed by atoms with van der Waals surface area (Å²) in [5, 5.41) is 4.25. The van der Waals surface area contributed by atoms with Crippen molar-refractivity contribution < 1.29 is 0 Å². The lowest BCUT2D eigenvalue weighted by atomic mass is 10.1. The number of benzene rings is 1. The average molecular weight is 333 g/mol.